The van der Waals surface area contributed by atoms with Crippen molar-refractivity contribution < 1.29 is 9.53 Å². The van der Waals surface area contributed by atoms with E-state index in [2.05, 4.69) is 29.6 Å². The van der Waals surface area contributed by atoms with Gasteiger partial charge in [0.05, 0.1) is 24.2 Å². The summed E-state index contributed by atoms with van der Waals surface area (Å²) in [5.41, 5.74) is 1.44. The number of morpholine rings is 1. The van der Waals surface area contributed by atoms with Crippen LogP contribution in [0.5, 0.6) is 0 Å². The molecule has 27 heavy (non-hydrogen) atoms. The Morgan fingerprint density at radius 3 is 2.33 bits per heavy atom. The number of hydrogen-bond acceptors (Lipinski definition) is 4. The number of benzene rings is 2. The highest BCUT2D eigenvalue weighted by Gasteiger charge is 2.50. The zero-order chi connectivity index (χ0) is 19.3. The molecule has 3 rings (SSSR count). The molecule has 4 nitrogen and oxygen atoms in total. The zero-order valence-electron chi connectivity index (χ0n) is 16.5. The quantitative estimate of drug-likeness (QED) is 0.818. The van der Waals surface area contributed by atoms with Gasteiger partial charge in [-0.15, -0.1) is 0 Å². The van der Waals surface area contributed by atoms with Crippen LogP contribution >= 0.6 is 0 Å². The first-order valence-electron chi connectivity index (χ1n) is 9.68. The summed E-state index contributed by atoms with van der Waals surface area (Å²) in [4.78, 5) is 15.9. The average molecular weight is 367 g/mol. The SMILES string of the molecule is CC(C(=O)C(Cc1ccccc1)(c1ccccc1)C1CNCCO1)N(C)C. The normalized spacial score (nSPS) is 20.8. The Bertz CT molecular complexity index is 727. The van der Waals surface area contributed by atoms with Gasteiger partial charge in [0.1, 0.15) is 0 Å². The lowest BCUT2D eigenvalue weighted by Crippen LogP contribution is -2.60. The van der Waals surface area contributed by atoms with Crippen LogP contribution in [0.15, 0.2) is 60.7 Å². The summed E-state index contributed by atoms with van der Waals surface area (Å²) in [5, 5.41) is 3.43. The maximum Gasteiger partial charge on any atom is 0.163 e. The predicted octanol–water partition coefficient (Wildman–Crippen LogP) is 2.67. The smallest absolute Gasteiger partial charge is 0.163 e. The van der Waals surface area contributed by atoms with Gasteiger partial charge in [0.15, 0.2) is 5.78 Å². The van der Waals surface area contributed by atoms with Crippen molar-refractivity contribution in [2.45, 2.75) is 30.9 Å². The third kappa shape index (κ3) is 4.13. The minimum absolute atomic E-state index is 0.205. The molecule has 2 aromatic rings. The average Bonchev–Trinajstić information content (AvgIpc) is 2.73. The fourth-order valence-electron chi connectivity index (χ4n) is 3.93. The van der Waals surface area contributed by atoms with Gasteiger partial charge in [-0.3, -0.25) is 9.69 Å². The molecule has 4 heteroatoms. The van der Waals surface area contributed by atoms with E-state index < -0.39 is 5.41 Å². The van der Waals surface area contributed by atoms with Crippen LogP contribution in [-0.2, 0) is 21.4 Å². The molecule has 1 saturated heterocycles. The third-order valence-electron chi connectivity index (χ3n) is 5.69. The Morgan fingerprint density at radius 2 is 1.78 bits per heavy atom. The van der Waals surface area contributed by atoms with Gasteiger partial charge in [0.25, 0.3) is 0 Å². The zero-order valence-corrected chi connectivity index (χ0v) is 16.5. The summed E-state index contributed by atoms with van der Waals surface area (Å²) in [6, 6.07) is 20.2. The van der Waals surface area contributed by atoms with Crippen molar-refractivity contribution >= 4 is 5.78 Å². The number of nitrogens with one attached hydrogen (secondary N) is 1. The molecule has 0 radical (unpaired) electrons. The standard InChI is InChI=1S/C23H30N2O2/c1-18(25(2)3)22(26)23(20-12-8-5-9-13-20,21-17-24-14-15-27-21)16-19-10-6-4-7-11-19/h4-13,18,21,24H,14-17H2,1-3H3. The van der Waals surface area contributed by atoms with Crippen LogP contribution in [0.3, 0.4) is 0 Å². The molecule has 0 spiro atoms. The molecule has 0 aromatic heterocycles. The molecule has 1 heterocycles. The van der Waals surface area contributed by atoms with Gasteiger partial charge in [-0.1, -0.05) is 60.7 Å². The Balaban J connectivity index is 2.15. The number of likely N-dealkylation sites (N-methyl/N-ethyl adjacent to an activating group) is 1. The summed E-state index contributed by atoms with van der Waals surface area (Å²) in [5.74, 6) is 0.205. The van der Waals surface area contributed by atoms with Crippen LogP contribution in [0.2, 0.25) is 0 Å². The highest BCUT2D eigenvalue weighted by atomic mass is 16.5. The number of hydrogen-bond donors (Lipinski definition) is 1. The minimum Gasteiger partial charge on any atom is -0.374 e. The van der Waals surface area contributed by atoms with Gasteiger partial charge in [-0.2, -0.15) is 0 Å². The first-order chi connectivity index (χ1) is 13.1. The number of carbonyl (C=O) groups is 1. The van der Waals surface area contributed by atoms with Gasteiger partial charge in [0, 0.05) is 13.1 Å². The van der Waals surface area contributed by atoms with E-state index in [9.17, 15) is 4.79 Å². The summed E-state index contributed by atoms with van der Waals surface area (Å²) >= 11 is 0. The first-order valence-corrected chi connectivity index (χ1v) is 9.68. The maximum absolute atomic E-state index is 14.0. The second-order valence-electron chi connectivity index (χ2n) is 7.57. The van der Waals surface area contributed by atoms with E-state index in [0.717, 1.165) is 17.7 Å². The van der Waals surface area contributed by atoms with Gasteiger partial charge < -0.3 is 10.1 Å². The highest BCUT2D eigenvalue weighted by Crippen LogP contribution is 2.37. The number of ketones is 1. The maximum atomic E-state index is 14.0. The molecule has 2 aromatic carbocycles. The Hall–Kier alpha value is -2.01. The fraction of sp³-hybridized carbons (Fsp3) is 0.435. The van der Waals surface area contributed by atoms with Crippen LogP contribution in [0.1, 0.15) is 18.1 Å². The van der Waals surface area contributed by atoms with E-state index in [1.54, 1.807) is 0 Å². The molecule has 0 bridgehead atoms. The number of nitrogens with zero attached hydrogens (tertiary/aromatic N) is 1. The third-order valence-corrected chi connectivity index (χ3v) is 5.69. The summed E-state index contributed by atoms with van der Waals surface area (Å²) < 4.78 is 6.22. The highest BCUT2D eigenvalue weighted by molar-refractivity contribution is 5.95. The molecule has 1 fully saturated rings. The minimum atomic E-state index is -0.736. The van der Waals surface area contributed by atoms with Crippen molar-refractivity contribution in [3.05, 3.63) is 71.8 Å². The Morgan fingerprint density at radius 1 is 1.15 bits per heavy atom. The van der Waals surface area contributed by atoms with E-state index in [4.69, 9.17) is 4.74 Å². The molecule has 1 aliphatic rings. The monoisotopic (exact) mass is 366 g/mol. The molecule has 3 unspecified atom stereocenters. The van der Waals surface area contributed by atoms with E-state index in [1.165, 1.54) is 0 Å². The molecule has 0 saturated carbocycles. The summed E-state index contributed by atoms with van der Waals surface area (Å²) in [7, 11) is 3.92. The van der Waals surface area contributed by atoms with Gasteiger partial charge in [-0.25, -0.2) is 0 Å². The largest absolute Gasteiger partial charge is 0.374 e. The lowest BCUT2D eigenvalue weighted by molar-refractivity contribution is -0.137. The van der Waals surface area contributed by atoms with E-state index >= 15 is 0 Å². The fourth-order valence-corrected chi connectivity index (χ4v) is 3.93. The number of carbonyl (C=O) groups excluding carboxylic acids is 1. The lowest BCUT2D eigenvalue weighted by atomic mass is 9.66. The van der Waals surface area contributed by atoms with Crippen LogP contribution < -0.4 is 5.32 Å². The van der Waals surface area contributed by atoms with Crippen molar-refractivity contribution in [2.24, 2.45) is 0 Å². The van der Waals surface area contributed by atoms with Crippen LogP contribution in [0.4, 0.5) is 0 Å². The predicted molar refractivity (Wildman–Crippen MR) is 109 cm³/mol. The second kappa shape index (κ2) is 8.79. The topological polar surface area (TPSA) is 41.6 Å². The number of rotatable bonds is 7. The second-order valence-corrected chi connectivity index (χ2v) is 7.57. The van der Waals surface area contributed by atoms with Gasteiger partial charge in [0.2, 0.25) is 0 Å². The first kappa shape index (κ1) is 19.7. The summed E-state index contributed by atoms with van der Waals surface area (Å²) in [6.45, 7) is 4.11. The number of ether oxygens (including phenoxy) is 1. The van der Waals surface area contributed by atoms with Crippen LogP contribution in [-0.4, -0.2) is 56.6 Å². The summed E-state index contributed by atoms with van der Waals surface area (Å²) in [6.07, 6.45) is 0.421. The molecule has 1 aliphatic heterocycles. The molecule has 144 valence electrons. The van der Waals surface area contributed by atoms with Crippen LogP contribution in [0.25, 0.3) is 0 Å². The van der Waals surface area contributed by atoms with Crippen molar-refractivity contribution in [2.75, 3.05) is 33.8 Å². The van der Waals surface area contributed by atoms with Crippen molar-refractivity contribution in [1.29, 1.82) is 0 Å². The van der Waals surface area contributed by atoms with Crippen LogP contribution in [0, 0.1) is 0 Å². The molecule has 3 atom stereocenters. The lowest BCUT2D eigenvalue weighted by Gasteiger charge is -2.44. The van der Waals surface area contributed by atoms with E-state index in [1.807, 2.05) is 62.3 Å². The molecular weight excluding hydrogens is 336 g/mol. The van der Waals surface area contributed by atoms with Gasteiger partial charge in [-0.05, 0) is 38.6 Å². The van der Waals surface area contributed by atoms with E-state index in [-0.39, 0.29) is 17.9 Å². The molecule has 0 amide bonds. The Labute approximate surface area is 162 Å². The van der Waals surface area contributed by atoms with Gasteiger partial charge >= 0.3 is 0 Å². The van der Waals surface area contributed by atoms with Crippen molar-refractivity contribution in [3.63, 3.8) is 0 Å². The van der Waals surface area contributed by atoms with E-state index in [0.29, 0.717) is 19.6 Å². The number of Topliss-reactive ketones (excluding diaryl/α,β-unsaturated/α-hetero) is 1. The van der Waals surface area contributed by atoms with Crippen molar-refractivity contribution in [1.82, 2.24) is 10.2 Å². The Kier molecular flexibility index (Phi) is 6.42. The molecule has 0 aliphatic carbocycles. The molecular formula is C23H30N2O2. The van der Waals surface area contributed by atoms with Crippen molar-refractivity contribution in [3.8, 4) is 0 Å². The molecule has 1 N–H and O–H groups in total.